The molecule has 38 heavy (non-hydrogen) atoms. The van der Waals surface area contributed by atoms with Gasteiger partial charge < -0.3 is 34.9 Å². The Morgan fingerprint density at radius 2 is 1.87 bits per heavy atom. The van der Waals surface area contributed by atoms with Crippen molar-refractivity contribution in [2.75, 3.05) is 38.9 Å². The number of carbonyl (C=O) groups excluding carboxylic acids is 2. The van der Waals surface area contributed by atoms with Crippen LogP contribution >= 0.6 is 0 Å². The van der Waals surface area contributed by atoms with Crippen LogP contribution in [0.4, 0.5) is 10.5 Å². The van der Waals surface area contributed by atoms with Gasteiger partial charge in [0, 0.05) is 37.3 Å². The summed E-state index contributed by atoms with van der Waals surface area (Å²) in [5.74, 6) is 1.71. The summed E-state index contributed by atoms with van der Waals surface area (Å²) < 4.78 is 17.4. The van der Waals surface area contributed by atoms with Crippen molar-refractivity contribution < 1.29 is 28.9 Å². The first kappa shape index (κ1) is 27.5. The lowest BCUT2D eigenvalue weighted by Gasteiger charge is -2.38. The second-order valence-corrected chi connectivity index (χ2v) is 10.5. The highest BCUT2D eigenvalue weighted by Crippen LogP contribution is 2.33. The van der Waals surface area contributed by atoms with Crippen molar-refractivity contribution in [3.63, 3.8) is 0 Å². The van der Waals surface area contributed by atoms with E-state index in [0.29, 0.717) is 36.6 Å². The zero-order chi connectivity index (χ0) is 27.4. The van der Waals surface area contributed by atoms with Crippen LogP contribution in [0, 0.1) is 5.92 Å². The Kier molecular flexibility index (Phi) is 8.63. The number of aliphatic hydroxyl groups excluding tert-OH is 1. The van der Waals surface area contributed by atoms with E-state index in [1.807, 2.05) is 46.0 Å². The van der Waals surface area contributed by atoms with Crippen molar-refractivity contribution in [2.24, 2.45) is 5.92 Å². The molecule has 0 saturated carbocycles. The lowest BCUT2D eigenvalue weighted by atomic mass is 9.99. The molecule has 0 spiro atoms. The zero-order valence-electron chi connectivity index (χ0n) is 22.7. The molecule has 2 aromatic carbocycles. The van der Waals surface area contributed by atoms with E-state index in [1.54, 1.807) is 23.1 Å². The lowest BCUT2D eigenvalue weighted by molar-refractivity contribution is 0.0341. The molecule has 0 unspecified atom stereocenters. The maximum atomic E-state index is 13.6. The summed E-state index contributed by atoms with van der Waals surface area (Å²) in [5.41, 5.74) is 1.93. The Labute approximate surface area is 223 Å². The molecule has 3 atom stereocenters. The number of carbonyl (C=O) groups is 2. The van der Waals surface area contributed by atoms with Gasteiger partial charge in [0.2, 0.25) is 6.79 Å². The predicted octanol–water partition coefficient (Wildman–Crippen LogP) is 3.30. The number of hydrogen-bond acceptors (Lipinski definition) is 7. The lowest BCUT2D eigenvalue weighted by Crippen LogP contribution is -2.49. The van der Waals surface area contributed by atoms with E-state index in [4.69, 9.17) is 14.2 Å². The Hall–Kier alpha value is -3.50. The maximum absolute atomic E-state index is 13.6. The molecule has 3 N–H and O–H groups in total. The van der Waals surface area contributed by atoms with Crippen LogP contribution < -0.4 is 24.8 Å². The number of likely N-dealkylation sites (N-methyl/N-ethyl adjacent to an activating group) is 1. The van der Waals surface area contributed by atoms with Gasteiger partial charge in [-0.1, -0.05) is 13.0 Å². The minimum Gasteiger partial charge on any atom is -0.488 e. The Morgan fingerprint density at radius 1 is 1.13 bits per heavy atom. The fourth-order valence-corrected chi connectivity index (χ4v) is 4.67. The molecule has 0 aliphatic carbocycles. The second kappa shape index (κ2) is 11.9. The molecule has 2 aliphatic rings. The molecular weight excluding hydrogens is 488 g/mol. The van der Waals surface area contributed by atoms with E-state index >= 15 is 0 Å². The number of fused-ring (bicyclic) bond motifs is 2. The molecule has 0 fully saturated rings. The van der Waals surface area contributed by atoms with E-state index in [0.717, 1.165) is 17.1 Å². The minimum atomic E-state index is -0.372. The summed E-state index contributed by atoms with van der Waals surface area (Å²) in [4.78, 5) is 29.7. The number of ether oxygens (including phenoxy) is 3. The predicted molar refractivity (Wildman–Crippen MR) is 144 cm³/mol. The van der Waals surface area contributed by atoms with Crippen molar-refractivity contribution >= 4 is 17.6 Å². The van der Waals surface area contributed by atoms with E-state index < -0.39 is 0 Å². The number of benzene rings is 2. The fraction of sp³-hybridized carbons (Fsp3) is 0.500. The van der Waals surface area contributed by atoms with Gasteiger partial charge in [-0.2, -0.15) is 0 Å². The zero-order valence-corrected chi connectivity index (χ0v) is 22.7. The monoisotopic (exact) mass is 526 g/mol. The molecule has 0 aromatic heterocycles. The summed E-state index contributed by atoms with van der Waals surface area (Å²) in [5, 5.41) is 15.4. The van der Waals surface area contributed by atoms with Crippen LogP contribution in [0.5, 0.6) is 17.2 Å². The van der Waals surface area contributed by atoms with E-state index in [-0.39, 0.29) is 49.4 Å². The molecule has 2 aliphatic heterocycles. The van der Waals surface area contributed by atoms with Gasteiger partial charge in [0.15, 0.2) is 11.5 Å². The normalized spacial score (nSPS) is 19.5. The molecule has 10 nitrogen and oxygen atoms in total. The summed E-state index contributed by atoms with van der Waals surface area (Å²) in [6.45, 7) is 9.43. The molecule has 206 valence electrons. The second-order valence-electron chi connectivity index (χ2n) is 10.5. The van der Waals surface area contributed by atoms with Crippen molar-refractivity contribution in [2.45, 2.75) is 52.4 Å². The molecule has 2 aromatic rings. The van der Waals surface area contributed by atoms with Gasteiger partial charge in [-0.3, -0.25) is 9.69 Å². The largest absolute Gasteiger partial charge is 0.488 e. The Morgan fingerprint density at radius 3 is 2.61 bits per heavy atom. The number of amides is 3. The molecule has 2 heterocycles. The van der Waals surface area contributed by atoms with Gasteiger partial charge in [-0.05, 0) is 63.7 Å². The summed E-state index contributed by atoms with van der Waals surface area (Å²) >= 11 is 0. The maximum Gasteiger partial charge on any atom is 0.319 e. The van der Waals surface area contributed by atoms with Crippen LogP contribution in [0.3, 0.4) is 0 Å². The summed E-state index contributed by atoms with van der Waals surface area (Å²) in [6.07, 6.45) is -0.225. The molecule has 0 saturated heterocycles. The number of nitrogens with one attached hydrogen (secondary N) is 2. The highest BCUT2D eigenvalue weighted by Gasteiger charge is 2.33. The van der Waals surface area contributed by atoms with Gasteiger partial charge in [-0.25, -0.2) is 4.79 Å². The number of aliphatic hydroxyl groups is 1. The standard InChI is InChI=1S/C28H38N4O6/c1-17(2)29-28(35)30-21-7-9-23-22(11-21)27(34)32(19(4)15-33)12-18(3)26(38-23)14-31(5)13-20-6-8-24-25(10-20)37-16-36-24/h6-11,17-19,26,33H,12-16H2,1-5H3,(H2,29,30,35)/t18-,19+,26-/m0/s1. The van der Waals surface area contributed by atoms with E-state index in [9.17, 15) is 14.7 Å². The van der Waals surface area contributed by atoms with Gasteiger partial charge in [0.05, 0.1) is 18.2 Å². The number of urea groups is 1. The molecule has 0 bridgehead atoms. The summed E-state index contributed by atoms with van der Waals surface area (Å²) in [7, 11) is 2.03. The van der Waals surface area contributed by atoms with Crippen molar-refractivity contribution in [1.82, 2.24) is 15.1 Å². The Bertz CT molecular complexity index is 1160. The minimum absolute atomic E-state index is 0.00470. The van der Waals surface area contributed by atoms with E-state index in [1.165, 1.54) is 0 Å². The number of hydrogen-bond donors (Lipinski definition) is 3. The third-order valence-electron chi connectivity index (χ3n) is 6.72. The molecule has 4 rings (SSSR count). The molecule has 0 radical (unpaired) electrons. The third-order valence-corrected chi connectivity index (χ3v) is 6.72. The number of rotatable bonds is 8. The quantitative estimate of drug-likeness (QED) is 0.484. The van der Waals surface area contributed by atoms with Crippen molar-refractivity contribution in [1.29, 1.82) is 0 Å². The SMILES string of the molecule is CC(C)NC(=O)Nc1ccc2c(c1)C(=O)N([C@H](C)CO)C[C@H](C)[C@H](CN(C)Cc1ccc3c(c1)OCO3)O2. The third kappa shape index (κ3) is 6.49. The first-order chi connectivity index (χ1) is 18.1. The van der Waals surface area contributed by atoms with Crippen LogP contribution in [0.25, 0.3) is 0 Å². The van der Waals surface area contributed by atoms with Crippen molar-refractivity contribution in [3.05, 3.63) is 47.5 Å². The van der Waals surface area contributed by atoms with Crippen LogP contribution in [-0.4, -0.2) is 78.6 Å². The highest BCUT2D eigenvalue weighted by molar-refractivity contribution is 5.99. The first-order valence-corrected chi connectivity index (χ1v) is 13.0. The Balaban J connectivity index is 1.55. The molecule has 3 amide bonds. The van der Waals surface area contributed by atoms with Gasteiger partial charge >= 0.3 is 6.03 Å². The van der Waals surface area contributed by atoms with Crippen LogP contribution in [0.2, 0.25) is 0 Å². The molecular formula is C28H38N4O6. The number of nitrogens with zero attached hydrogens (tertiary/aromatic N) is 2. The average Bonchev–Trinajstić information content (AvgIpc) is 3.33. The average molecular weight is 527 g/mol. The van der Waals surface area contributed by atoms with Crippen LogP contribution in [0.15, 0.2) is 36.4 Å². The first-order valence-electron chi connectivity index (χ1n) is 13.0. The topological polar surface area (TPSA) is 113 Å². The van der Waals surface area contributed by atoms with Crippen LogP contribution in [-0.2, 0) is 6.54 Å². The van der Waals surface area contributed by atoms with Gasteiger partial charge in [-0.15, -0.1) is 0 Å². The van der Waals surface area contributed by atoms with E-state index in [2.05, 4.69) is 22.5 Å². The van der Waals surface area contributed by atoms with Gasteiger partial charge in [0.1, 0.15) is 11.9 Å². The van der Waals surface area contributed by atoms with Crippen molar-refractivity contribution in [3.8, 4) is 17.2 Å². The summed E-state index contributed by atoms with van der Waals surface area (Å²) in [6, 6.07) is 10.3. The highest BCUT2D eigenvalue weighted by atomic mass is 16.7. The van der Waals surface area contributed by atoms with Crippen LogP contribution in [0.1, 0.15) is 43.6 Å². The fourth-order valence-electron chi connectivity index (χ4n) is 4.67. The smallest absolute Gasteiger partial charge is 0.319 e. The molecule has 10 heteroatoms. The number of anilines is 1. The van der Waals surface area contributed by atoms with Gasteiger partial charge in [0.25, 0.3) is 5.91 Å².